The first-order chi connectivity index (χ1) is 9.76. The lowest BCUT2D eigenvalue weighted by Crippen LogP contribution is -2.51. The van der Waals surface area contributed by atoms with E-state index in [1.165, 1.54) is 32.2 Å². The molecule has 5 heteroatoms. The smallest absolute Gasteiger partial charge is 0.242 e. The van der Waals surface area contributed by atoms with E-state index >= 15 is 0 Å². The molecule has 0 aromatic heterocycles. The zero-order valence-electron chi connectivity index (χ0n) is 12.9. The minimum absolute atomic E-state index is 0.182. The highest BCUT2D eigenvalue weighted by molar-refractivity contribution is 5.82. The van der Waals surface area contributed by atoms with Crippen LogP contribution in [0, 0.1) is 0 Å². The number of carbonyl (C=O) groups excluding carboxylic acids is 1. The molecular weight excluding hydrogens is 254 g/mol. The van der Waals surface area contributed by atoms with Crippen LogP contribution in [0.4, 0.5) is 0 Å². The molecule has 20 heavy (non-hydrogen) atoms. The van der Waals surface area contributed by atoms with Crippen molar-refractivity contribution in [2.75, 3.05) is 46.4 Å². The number of ether oxygens (including phenoxy) is 1. The monoisotopic (exact) mass is 283 g/mol. The van der Waals surface area contributed by atoms with Crippen molar-refractivity contribution in [2.45, 2.75) is 44.7 Å². The molecule has 2 unspecified atom stereocenters. The third-order valence-corrected chi connectivity index (χ3v) is 4.58. The Morgan fingerprint density at radius 1 is 1.30 bits per heavy atom. The van der Waals surface area contributed by atoms with Crippen molar-refractivity contribution in [2.24, 2.45) is 0 Å². The van der Waals surface area contributed by atoms with Gasteiger partial charge in [0.1, 0.15) is 6.04 Å². The summed E-state index contributed by atoms with van der Waals surface area (Å²) in [6.07, 6.45) is 5.11. The van der Waals surface area contributed by atoms with Crippen LogP contribution in [0.25, 0.3) is 0 Å². The second-order valence-electron chi connectivity index (χ2n) is 5.83. The fraction of sp³-hybridized carbons (Fsp3) is 0.933. The van der Waals surface area contributed by atoms with Gasteiger partial charge in [0, 0.05) is 19.1 Å². The fourth-order valence-electron chi connectivity index (χ4n) is 3.28. The number of likely N-dealkylation sites (tertiary alicyclic amines) is 1. The van der Waals surface area contributed by atoms with Crippen LogP contribution in [0.3, 0.4) is 0 Å². The summed E-state index contributed by atoms with van der Waals surface area (Å²) in [4.78, 5) is 17.0. The lowest BCUT2D eigenvalue weighted by atomic mass is 10.1. The van der Waals surface area contributed by atoms with Crippen LogP contribution in [-0.2, 0) is 9.53 Å². The van der Waals surface area contributed by atoms with Crippen molar-refractivity contribution in [3.8, 4) is 0 Å². The Bertz CT molecular complexity index is 311. The molecule has 2 heterocycles. The predicted molar refractivity (Wildman–Crippen MR) is 79.7 cm³/mol. The van der Waals surface area contributed by atoms with Gasteiger partial charge < -0.3 is 15.0 Å². The van der Waals surface area contributed by atoms with Gasteiger partial charge in [-0.1, -0.05) is 19.8 Å². The summed E-state index contributed by atoms with van der Waals surface area (Å²) in [6, 6.07) is 0.334. The van der Waals surface area contributed by atoms with Gasteiger partial charge in [0.05, 0.1) is 13.2 Å². The molecular formula is C15H29N3O2. The van der Waals surface area contributed by atoms with Crippen molar-refractivity contribution in [1.29, 1.82) is 0 Å². The molecule has 1 N–H and O–H groups in total. The van der Waals surface area contributed by atoms with E-state index in [9.17, 15) is 4.79 Å². The second-order valence-corrected chi connectivity index (χ2v) is 5.83. The molecule has 1 amide bonds. The molecule has 0 radical (unpaired) electrons. The normalized spacial score (nSPS) is 30.1. The minimum atomic E-state index is -0.182. The first kappa shape index (κ1) is 15.7. The number of carbonyl (C=O) groups is 1. The number of amides is 1. The van der Waals surface area contributed by atoms with Crippen LogP contribution in [0.1, 0.15) is 32.6 Å². The SMILES string of the molecule is CCN1CCCCCC1CN1CCOCC(NC)C1=O. The Morgan fingerprint density at radius 3 is 2.90 bits per heavy atom. The summed E-state index contributed by atoms with van der Waals surface area (Å²) in [5, 5.41) is 3.07. The molecule has 2 rings (SSSR count). The van der Waals surface area contributed by atoms with Gasteiger partial charge in [-0.25, -0.2) is 0 Å². The fourth-order valence-corrected chi connectivity index (χ4v) is 3.28. The molecule has 2 saturated heterocycles. The van der Waals surface area contributed by atoms with Crippen molar-refractivity contribution < 1.29 is 9.53 Å². The van der Waals surface area contributed by atoms with Gasteiger partial charge in [0.25, 0.3) is 0 Å². The maximum absolute atomic E-state index is 12.5. The van der Waals surface area contributed by atoms with Crippen molar-refractivity contribution >= 4 is 5.91 Å². The largest absolute Gasteiger partial charge is 0.377 e. The highest BCUT2D eigenvalue weighted by Gasteiger charge is 2.29. The molecule has 5 nitrogen and oxygen atoms in total. The molecule has 0 saturated carbocycles. The van der Waals surface area contributed by atoms with Gasteiger partial charge in [-0.05, 0) is 33.0 Å². The topological polar surface area (TPSA) is 44.8 Å². The maximum Gasteiger partial charge on any atom is 0.242 e. The quantitative estimate of drug-likeness (QED) is 0.825. The molecule has 0 aromatic carbocycles. The average molecular weight is 283 g/mol. The summed E-state index contributed by atoms with van der Waals surface area (Å²) < 4.78 is 5.53. The van der Waals surface area contributed by atoms with Crippen molar-refractivity contribution in [1.82, 2.24) is 15.1 Å². The third-order valence-electron chi connectivity index (χ3n) is 4.58. The van der Waals surface area contributed by atoms with Crippen LogP contribution < -0.4 is 5.32 Å². The van der Waals surface area contributed by atoms with E-state index in [1.807, 2.05) is 11.9 Å². The summed E-state index contributed by atoms with van der Waals surface area (Å²) in [5.74, 6) is 0.199. The maximum atomic E-state index is 12.5. The standard InChI is InChI=1S/C15H29N3O2/c1-3-17-8-6-4-5-7-13(17)11-18-9-10-20-12-14(16-2)15(18)19/h13-14,16H,3-12H2,1-2H3. The summed E-state index contributed by atoms with van der Waals surface area (Å²) in [7, 11) is 1.83. The van der Waals surface area contributed by atoms with Crippen LogP contribution in [0.2, 0.25) is 0 Å². The first-order valence-corrected chi connectivity index (χ1v) is 8.04. The van der Waals surface area contributed by atoms with E-state index in [0.29, 0.717) is 19.3 Å². The first-order valence-electron chi connectivity index (χ1n) is 8.04. The van der Waals surface area contributed by atoms with Crippen LogP contribution in [0.5, 0.6) is 0 Å². The lowest BCUT2D eigenvalue weighted by Gasteiger charge is -2.34. The molecule has 0 aliphatic carbocycles. The van der Waals surface area contributed by atoms with E-state index in [2.05, 4.69) is 17.1 Å². The molecule has 2 fully saturated rings. The molecule has 0 aromatic rings. The molecule has 0 bridgehead atoms. The highest BCUT2D eigenvalue weighted by Crippen LogP contribution is 2.18. The van der Waals surface area contributed by atoms with Gasteiger partial charge in [0.15, 0.2) is 0 Å². The second kappa shape index (κ2) is 7.96. The van der Waals surface area contributed by atoms with Crippen molar-refractivity contribution in [3.63, 3.8) is 0 Å². The third kappa shape index (κ3) is 3.93. The summed E-state index contributed by atoms with van der Waals surface area (Å²) >= 11 is 0. The number of hydrogen-bond acceptors (Lipinski definition) is 4. The van der Waals surface area contributed by atoms with Crippen LogP contribution in [-0.4, -0.2) is 74.2 Å². The molecule has 0 spiro atoms. The number of rotatable bonds is 4. The Balaban J connectivity index is 1.99. The number of nitrogens with one attached hydrogen (secondary N) is 1. The van der Waals surface area contributed by atoms with Crippen LogP contribution >= 0.6 is 0 Å². The minimum Gasteiger partial charge on any atom is -0.377 e. The number of nitrogens with zero attached hydrogens (tertiary/aromatic N) is 2. The zero-order valence-corrected chi connectivity index (χ0v) is 12.9. The Labute approximate surface area is 122 Å². The van der Waals surface area contributed by atoms with Gasteiger partial charge in [-0.3, -0.25) is 9.69 Å². The van der Waals surface area contributed by atoms with E-state index in [4.69, 9.17) is 4.74 Å². The Hall–Kier alpha value is -0.650. The van der Waals surface area contributed by atoms with E-state index in [1.54, 1.807) is 0 Å². The van der Waals surface area contributed by atoms with Gasteiger partial charge in [-0.2, -0.15) is 0 Å². The zero-order chi connectivity index (χ0) is 14.4. The van der Waals surface area contributed by atoms with Gasteiger partial charge >= 0.3 is 0 Å². The molecule has 2 atom stereocenters. The van der Waals surface area contributed by atoms with E-state index in [0.717, 1.165) is 19.6 Å². The highest BCUT2D eigenvalue weighted by atomic mass is 16.5. The van der Waals surface area contributed by atoms with Gasteiger partial charge in [-0.15, -0.1) is 0 Å². The Morgan fingerprint density at radius 2 is 2.15 bits per heavy atom. The summed E-state index contributed by atoms with van der Waals surface area (Å²) in [5.41, 5.74) is 0. The van der Waals surface area contributed by atoms with E-state index in [-0.39, 0.29) is 11.9 Å². The summed E-state index contributed by atoms with van der Waals surface area (Å²) in [6.45, 7) is 7.21. The van der Waals surface area contributed by atoms with Crippen molar-refractivity contribution in [3.05, 3.63) is 0 Å². The number of hydrogen-bond donors (Lipinski definition) is 1. The molecule has 2 aliphatic rings. The van der Waals surface area contributed by atoms with Crippen LogP contribution in [0.15, 0.2) is 0 Å². The average Bonchev–Trinajstić information content (AvgIpc) is 2.79. The number of likely N-dealkylation sites (N-methyl/N-ethyl adjacent to an activating group) is 2. The lowest BCUT2D eigenvalue weighted by molar-refractivity contribution is -0.133. The van der Waals surface area contributed by atoms with E-state index < -0.39 is 0 Å². The molecule has 2 aliphatic heterocycles. The van der Waals surface area contributed by atoms with Gasteiger partial charge in [0.2, 0.25) is 5.91 Å². The predicted octanol–water partition coefficient (Wildman–Crippen LogP) is 0.698. The molecule has 116 valence electrons. The Kier molecular flexibility index (Phi) is 6.26.